The average molecular weight is 290 g/mol. The van der Waals surface area contributed by atoms with Crippen LogP contribution in [0.2, 0.25) is 0 Å². The molecule has 1 aromatic rings. The van der Waals surface area contributed by atoms with Gasteiger partial charge in [-0.15, -0.1) is 0 Å². The first-order valence-electron chi connectivity index (χ1n) is 8.26. The van der Waals surface area contributed by atoms with Crippen LogP contribution in [-0.4, -0.2) is 46.3 Å². The molecule has 5 heteroatoms. The van der Waals surface area contributed by atoms with Crippen LogP contribution in [-0.2, 0) is 6.54 Å². The second kappa shape index (κ2) is 6.18. The number of aromatic nitrogens is 2. The van der Waals surface area contributed by atoms with Crippen LogP contribution >= 0.6 is 0 Å². The third kappa shape index (κ3) is 2.98. The largest absolute Gasteiger partial charge is 0.337 e. The number of likely N-dealkylation sites (tertiary alicyclic amines) is 1. The molecule has 1 atom stereocenters. The maximum atomic E-state index is 12.7. The van der Waals surface area contributed by atoms with Gasteiger partial charge in [-0.05, 0) is 58.1 Å². The molecule has 3 heterocycles. The van der Waals surface area contributed by atoms with E-state index in [0.29, 0.717) is 6.04 Å². The van der Waals surface area contributed by atoms with Gasteiger partial charge in [0.25, 0.3) is 5.91 Å². The summed E-state index contributed by atoms with van der Waals surface area (Å²) in [5.41, 5.74) is 1.66. The number of nitrogens with zero attached hydrogens (tertiary/aromatic N) is 3. The first-order valence-corrected chi connectivity index (χ1v) is 8.26. The lowest BCUT2D eigenvalue weighted by Gasteiger charge is -2.34. The third-order valence-corrected chi connectivity index (χ3v) is 4.92. The van der Waals surface area contributed by atoms with Gasteiger partial charge in [-0.25, -0.2) is 0 Å². The zero-order valence-electron chi connectivity index (χ0n) is 13.1. The van der Waals surface area contributed by atoms with Crippen LogP contribution in [0.3, 0.4) is 0 Å². The number of aryl methyl sites for hydroxylation is 2. The van der Waals surface area contributed by atoms with E-state index >= 15 is 0 Å². The smallest absolute Gasteiger partial charge is 0.272 e. The van der Waals surface area contributed by atoms with Crippen molar-refractivity contribution in [1.29, 1.82) is 0 Å². The fraction of sp³-hybridized carbons (Fsp3) is 0.750. The lowest BCUT2D eigenvalue weighted by atomic mass is 9.88. The summed E-state index contributed by atoms with van der Waals surface area (Å²) < 4.78 is 1.82. The van der Waals surface area contributed by atoms with E-state index in [2.05, 4.69) is 10.4 Å². The minimum absolute atomic E-state index is 0.148. The van der Waals surface area contributed by atoms with E-state index in [1.54, 1.807) is 0 Å². The number of hydrogen-bond donors (Lipinski definition) is 1. The van der Waals surface area contributed by atoms with Crippen molar-refractivity contribution in [2.45, 2.75) is 52.1 Å². The van der Waals surface area contributed by atoms with Crippen molar-refractivity contribution in [2.24, 2.45) is 5.92 Å². The van der Waals surface area contributed by atoms with Gasteiger partial charge in [0.1, 0.15) is 5.69 Å². The fourth-order valence-corrected chi connectivity index (χ4v) is 3.74. The van der Waals surface area contributed by atoms with Gasteiger partial charge in [0.05, 0.1) is 5.69 Å². The molecular formula is C16H26N4O. The summed E-state index contributed by atoms with van der Waals surface area (Å²) in [6.45, 7) is 7.66. The highest BCUT2D eigenvalue weighted by Gasteiger charge is 2.31. The van der Waals surface area contributed by atoms with Crippen LogP contribution in [0, 0.1) is 12.8 Å². The summed E-state index contributed by atoms with van der Waals surface area (Å²) in [5.74, 6) is 0.893. The Hall–Kier alpha value is -1.36. The SMILES string of the molecule is CCn1nc(C)cc1C(=O)N1CCC(C2CCCN2)CC1. The van der Waals surface area contributed by atoms with Crippen LogP contribution in [0.1, 0.15) is 48.8 Å². The molecule has 2 aliphatic heterocycles. The maximum Gasteiger partial charge on any atom is 0.272 e. The quantitative estimate of drug-likeness (QED) is 0.924. The van der Waals surface area contributed by atoms with Crippen molar-refractivity contribution in [3.8, 4) is 0 Å². The summed E-state index contributed by atoms with van der Waals surface area (Å²) in [7, 11) is 0. The third-order valence-electron chi connectivity index (χ3n) is 4.92. The minimum Gasteiger partial charge on any atom is -0.337 e. The van der Waals surface area contributed by atoms with Crippen molar-refractivity contribution in [3.05, 3.63) is 17.5 Å². The van der Waals surface area contributed by atoms with E-state index in [0.717, 1.165) is 49.8 Å². The molecule has 2 fully saturated rings. The molecule has 21 heavy (non-hydrogen) atoms. The summed E-state index contributed by atoms with van der Waals surface area (Å²) in [5, 5.41) is 7.99. The Morgan fingerprint density at radius 1 is 1.38 bits per heavy atom. The lowest BCUT2D eigenvalue weighted by molar-refractivity contribution is 0.0662. The molecule has 0 saturated carbocycles. The Labute approximate surface area is 126 Å². The number of nitrogens with one attached hydrogen (secondary N) is 1. The molecule has 0 aromatic carbocycles. The van der Waals surface area contributed by atoms with Gasteiger partial charge in [-0.2, -0.15) is 5.10 Å². The highest BCUT2D eigenvalue weighted by atomic mass is 16.2. The molecule has 0 aliphatic carbocycles. The van der Waals surface area contributed by atoms with Gasteiger partial charge in [-0.1, -0.05) is 0 Å². The Morgan fingerprint density at radius 3 is 2.76 bits per heavy atom. The van der Waals surface area contributed by atoms with Gasteiger partial charge < -0.3 is 10.2 Å². The van der Waals surface area contributed by atoms with Crippen molar-refractivity contribution >= 4 is 5.91 Å². The van der Waals surface area contributed by atoms with Gasteiger partial charge >= 0.3 is 0 Å². The Morgan fingerprint density at radius 2 is 2.14 bits per heavy atom. The normalized spacial score (nSPS) is 23.7. The number of piperidine rings is 1. The Bertz CT molecular complexity index is 496. The van der Waals surface area contributed by atoms with E-state index < -0.39 is 0 Å². The molecule has 1 unspecified atom stereocenters. The van der Waals surface area contributed by atoms with E-state index in [4.69, 9.17) is 0 Å². The zero-order chi connectivity index (χ0) is 14.8. The molecule has 3 rings (SSSR count). The molecule has 2 saturated heterocycles. The first kappa shape index (κ1) is 14.6. The van der Waals surface area contributed by atoms with E-state index in [1.807, 2.05) is 29.5 Å². The summed E-state index contributed by atoms with van der Waals surface area (Å²) in [4.78, 5) is 14.7. The van der Waals surface area contributed by atoms with Crippen LogP contribution in [0.15, 0.2) is 6.07 Å². The molecule has 5 nitrogen and oxygen atoms in total. The topological polar surface area (TPSA) is 50.2 Å². The monoisotopic (exact) mass is 290 g/mol. The van der Waals surface area contributed by atoms with Gasteiger partial charge in [0.15, 0.2) is 0 Å². The molecule has 1 amide bonds. The Kier molecular flexibility index (Phi) is 4.29. The van der Waals surface area contributed by atoms with Crippen LogP contribution in [0.25, 0.3) is 0 Å². The molecule has 1 aromatic heterocycles. The highest BCUT2D eigenvalue weighted by Crippen LogP contribution is 2.26. The van der Waals surface area contributed by atoms with Crippen molar-refractivity contribution in [2.75, 3.05) is 19.6 Å². The highest BCUT2D eigenvalue weighted by molar-refractivity contribution is 5.92. The fourth-order valence-electron chi connectivity index (χ4n) is 3.74. The molecular weight excluding hydrogens is 264 g/mol. The summed E-state index contributed by atoms with van der Waals surface area (Å²) in [6.07, 6.45) is 4.87. The van der Waals surface area contributed by atoms with Gasteiger partial charge in [-0.3, -0.25) is 9.48 Å². The lowest BCUT2D eigenvalue weighted by Crippen LogP contribution is -2.43. The van der Waals surface area contributed by atoms with Gasteiger partial charge in [0.2, 0.25) is 0 Å². The Balaban J connectivity index is 1.62. The summed E-state index contributed by atoms with van der Waals surface area (Å²) >= 11 is 0. The number of carbonyl (C=O) groups excluding carboxylic acids is 1. The number of rotatable bonds is 3. The van der Waals surface area contributed by atoms with E-state index in [-0.39, 0.29) is 5.91 Å². The van der Waals surface area contributed by atoms with Crippen molar-refractivity contribution in [3.63, 3.8) is 0 Å². The predicted octanol–water partition coefficient (Wildman–Crippen LogP) is 1.82. The molecule has 1 N–H and O–H groups in total. The second-order valence-corrected chi connectivity index (χ2v) is 6.32. The molecule has 0 radical (unpaired) electrons. The molecule has 0 spiro atoms. The number of carbonyl (C=O) groups is 1. The zero-order valence-corrected chi connectivity index (χ0v) is 13.1. The van der Waals surface area contributed by atoms with Crippen molar-refractivity contribution < 1.29 is 4.79 Å². The van der Waals surface area contributed by atoms with Gasteiger partial charge in [0, 0.05) is 25.7 Å². The number of hydrogen-bond acceptors (Lipinski definition) is 3. The molecule has 116 valence electrons. The second-order valence-electron chi connectivity index (χ2n) is 6.32. The van der Waals surface area contributed by atoms with Crippen LogP contribution < -0.4 is 5.32 Å². The van der Waals surface area contributed by atoms with Crippen molar-refractivity contribution in [1.82, 2.24) is 20.0 Å². The molecule has 0 bridgehead atoms. The standard InChI is InChI=1S/C16H26N4O/c1-3-20-15(11-12(2)18-20)16(21)19-9-6-13(7-10-19)14-5-4-8-17-14/h11,13-14,17H,3-10H2,1-2H3. The van der Waals surface area contributed by atoms with E-state index in [9.17, 15) is 4.79 Å². The number of amides is 1. The average Bonchev–Trinajstić information content (AvgIpc) is 3.16. The summed E-state index contributed by atoms with van der Waals surface area (Å²) in [6, 6.07) is 2.60. The first-order chi connectivity index (χ1) is 10.2. The van der Waals surface area contributed by atoms with Crippen LogP contribution in [0.5, 0.6) is 0 Å². The minimum atomic E-state index is 0.148. The molecule has 2 aliphatic rings. The van der Waals surface area contributed by atoms with E-state index in [1.165, 1.54) is 19.4 Å². The maximum absolute atomic E-state index is 12.7. The predicted molar refractivity (Wildman–Crippen MR) is 82.3 cm³/mol. The van der Waals surface area contributed by atoms with Crippen LogP contribution in [0.4, 0.5) is 0 Å².